The molecule has 1 aromatic heterocycles. The normalized spacial score (nSPS) is 15.6. The number of benzene rings is 2. The molecule has 1 amide bonds. The van der Waals surface area contributed by atoms with Crippen LogP contribution in [0.3, 0.4) is 0 Å². The molecule has 0 N–H and O–H groups in total. The average molecular weight is 419 g/mol. The van der Waals surface area contributed by atoms with E-state index in [1.54, 1.807) is 4.90 Å². The molecule has 146 valence electrons. The van der Waals surface area contributed by atoms with E-state index >= 15 is 0 Å². The molecule has 0 unspecified atom stereocenters. The number of aromatic nitrogens is 1. The summed E-state index contributed by atoms with van der Waals surface area (Å²) < 4.78 is 2.83. The number of hydrogen-bond acceptors (Lipinski definition) is 3. The third-order valence-electron chi connectivity index (χ3n) is 5.18. The van der Waals surface area contributed by atoms with Crippen LogP contribution in [0.5, 0.6) is 0 Å². The van der Waals surface area contributed by atoms with Gasteiger partial charge >= 0.3 is 0 Å². The third kappa shape index (κ3) is 3.56. The summed E-state index contributed by atoms with van der Waals surface area (Å²) in [6.07, 6.45) is 2.94. The molecule has 0 aliphatic carbocycles. The fourth-order valence-corrected chi connectivity index (χ4v) is 5.03. The van der Waals surface area contributed by atoms with Crippen molar-refractivity contribution in [1.82, 2.24) is 4.57 Å². The molecule has 3 nitrogen and oxygen atoms in total. The minimum atomic E-state index is -0.0649. The number of carbonyl (C=O) groups is 1. The molecule has 1 aliphatic heterocycles. The Labute approximate surface area is 181 Å². The summed E-state index contributed by atoms with van der Waals surface area (Å²) in [7, 11) is 0. The van der Waals surface area contributed by atoms with Gasteiger partial charge in [0.15, 0.2) is 4.32 Å². The quantitative estimate of drug-likeness (QED) is 0.380. The molecule has 0 atom stereocenters. The Kier molecular flexibility index (Phi) is 5.43. The molecule has 0 saturated carbocycles. The maximum atomic E-state index is 13.0. The Morgan fingerprint density at radius 2 is 1.72 bits per heavy atom. The van der Waals surface area contributed by atoms with Gasteiger partial charge in [0, 0.05) is 17.1 Å². The topological polar surface area (TPSA) is 25.2 Å². The van der Waals surface area contributed by atoms with E-state index in [0.29, 0.717) is 9.23 Å². The van der Waals surface area contributed by atoms with Gasteiger partial charge in [-0.2, -0.15) is 0 Å². The molecule has 2 aromatic carbocycles. The van der Waals surface area contributed by atoms with Crippen molar-refractivity contribution in [2.75, 3.05) is 4.90 Å². The number of thiocarbonyl (C=S) groups is 1. The summed E-state index contributed by atoms with van der Waals surface area (Å²) >= 11 is 6.85. The monoisotopic (exact) mass is 418 g/mol. The number of thioether (sulfide) groups is 1. The predicted molar refractivity (Wildman–Crippen MR) is 127 cm³/mol. The zero-order valence-corrected chi connectivity index (χ0v) is 18.3. The lowest BCUT2D eigenvalue weighted by atomic mass is 10.1. The van der Waals surface area contributed by atoms with E-state index < -0.39 is 0 Å². The van der Waals surface area contributed by atoms with Crippen LogP contribution in [0.15, 0.2) is 65.6 Å². The second kappa shape index (κ2) is 8.01. The zero-order valence-electron chi connectivity index (χ0n) is 16.7. The van der Waals surface area contributed by atoms with Gasteiger partial charge in [-0.25, -0.2) is 0 Å². The summed E-state index contributed by atoms with van der Waals surface area (Å²) in [5.41, 5.74) is 6.61. The number of anilines is 1. The van der Waals surface area contributed by atoms with Crippen LogP contribution in [0.2, 0.25) is 0 Å². The van der Waals surface area contributed by atoms with Crippen molar-refractivity contribution >= 4 is 46.0 Å². The number of hydrogen-bond donors (Lipinski definition) is 0. The van der Waals surface area contributed by atoms with Crippen LogP contribution in [-0.4, -0.2) is 14.8 Å². The number of amides is 1. The summed E-state index contributed by atoms with van der Waals surface area (Å²) in [5.74, 6) is -0.0649. The smallest absolute Gasteiger partial charge is 0.270 e. The van der Waals surface area contributed by atoms with Gasteiger partial charge in [0.05, 0.1) is 10.6 Å². The van der Waals surface area contributed by atoms with Gasteiger partial charge in [-0.1, -0.05) is 67.3 Å². The lowest BCUT2D eigenvalue weighted by Gasteiger charge is -2.14. The van der Waals surface area contributed by atoms with Crippen molar-refractivity contribution in [3.05, 3.63) is 88.1 Å². The Hall–Kier alpha value is -2.63. The van der Waals surface area contributed by atoms with E-state index in [2.05, 4.69) is 55.7 Å². The first-order valence-corrected chi connectivity index (χ1v) is 10.8. The Morgan fingerprint density at radius 3 is 2.45 bits per heavy atom. The maximum Gasteiger partial charge on any atom is 0.270 e. The maximum absolute atomic E-state index is 13.0. The molecule has 0 radical (unpaired) electrons. The van der Waals surface area contributed by atoms with Crippen LogP contribution in [0.4, 0.5) is 5.69 Å². The molecule has 1 saturated heterocycles. The van der Waals surface area contributed by atoms with E-state index in [0.717, 1.165) is 29.1 Å². The van der Waals surface area contributed by atoms with Crippen LogP contribution in [0.25, 0.3) is 11.8 Å². The van der Waals surface area contributed by atoms with Gasteiger partial charge in [0.1, 0.15) is 0 Å². The fourth-order valence-electron chi connectivity index (χ4n) is 3.74. The lowest BCUT2D eigenvalue weighted by molar-refractivity contribution is -0.113. The van der Waals surface area contributed by atoms with E-state index in [1.165, 1.54) is 23.0 Å². The zero-order chi connectivity index (χ0) is 20.5. The summed E-state index contributed by atoms with van der Waals surface area (Å²) in [6.45, 7) is 6.37. The van der Waals surface area contributed by atoms with Gasteiger partial charge in [-0.05, 0) is 61.7 Å². The molecule has 0 bridgehead atoms. The van der Waals surface area contributed by atoms with Crippen molar-refractivity contribution in [2.24, 2.45) is 0 Å². The first kappa shape index (κ1) is 19.7. The van der Waals surface area contributed by atoms with Crippen LogP contribution in [0.1, 0.15) is 29.4 Å². The van der Waals surface area contributed by atoms with Crippen LogP contribution < -0.4 is 4.90 Å². The van der Waals surface area contributed by atoms with Gasteiger partial charge in [0.25, 0.3) is 5.91 Å². The first-order chi connectivity index (χ1) is 14.0. The Balaban J connectivity index is 1.73. The summed E-state index contributed by atoms with van der Waals surface area (Å²) in [5, 5.41) is 0. The molecule has 29 heavy (non-hydrogen) atoms. The SMILES string of the molecule is CCc1ccccc1-n1c(C)cc(/C=C2/SC(=S)N(c3ccccc3)C2=O)c1C. The van der Waals surface area contributed by atoms with E-state index in [1.807, 2.05) is 36.4 Å². The van der Waals surface area contributed by atoms with Crippen molar-refractivity contribution < 1.29 is 4.79 Å². The van der Waals surface area contributed by atoms with Gasteiger partial charge < -0.3 is 4.57 Å². The molecule has 1 aliphatic rings. The molecule has 1 fully saturated rings. The highest BCUT2D eigenvalue weighted by Gasteiger charge is 2.33. The second-order valence-electron chi connectivity index (χ2n) is 7.00. The minimum Gasteiger partial charge on any atom is -0.318 e. The third-order valence-corrected chi connectivity index (χ3v) is 6.48. The summed E-state index contributed by atoms with van der Waals surface area (Å²) in [6, 6.07) is 20.2. The van der Waals surface area contributed by atoms with Gasteiger partial charge in [-0.3, -0.25) is 9.69 Å². The highest BCUT2D eigenvalue weighted by molar-refractivity contribution is 8.27. The number of rotatable bonds is 4. The number of para-hydroxylation sites is 2. The average Bonchev–Trinajstić information content (AvgIpc) is 3.17. The van der Waals surface area contributed by atoms with Crippen LogP contribution >= 0.6 is 24.0 Å². The van der Waals surface area contributed by atoms with Crippen molar-refractivity contribution in [3.8, 4) is 5.69 Å². The highest BCUT2D eigenvalue weighted by atomic mass is 32.2. The molecule has 0 spiro atoms. The Bertz CT molecular complexity index is 1130. The molecule has 2 heterocycles. The molecular formula is C24H22N2OS2. The predicted octanol–water partition coefficient (Wildman–Crippen LogP) is 6.06. The Morgan fingerprint density at radius 1 is 1.03 bits per heavy atom. The van der Waals surface area contributed by atoms with Crippen molar-refractivity contribution in [3.63, 3.8) is 0 Å². The summed E-state index contributed by atoms with van der Waals surface area (Å²) in [4.78, 5) is 15.3. The van der Waals surface area contributed by atoms with Crippen LogP contribution in [-0.2, 0) is 11.2 Å². The standard InChI is InChI=1S/C24H22N2OS2/c1-4-18-10-8-9-13-21(18)25-16(2)14-19(17(25)3)15-22-23(27)26(24(28)29-22)20-11-6-5-7-12-20/h5-15H,4H2,1-3H3/b22-15+. The molecule has 3 aromatic rings. The number of nitrogens with zero attached hydrogens (tertiary/aromatic N) is 2. The highest BCUT2D eigenvalue weighted by Crippen LogP contribution is 2.37. The van der Waals surface area contributed by atoms with Crippen molar-refractivity contribution in [2.45, 2.75) is 27.2 Å². The van der Waals surface area contributed by atoms with E-state index in [4.69, 9.17) is 12.2 Å². The largest absolute Gasteiger partial charge is 0.318 e. The van der Waals surface area contributed by atoms with Gasteiger partial charge in [-0.15, -0.1) is 0 Å². The fraction of sp³-hybridized carbons (Fsp3) is 0.167. The number of aryl methyl sites for hydroxylation is 2. The van der Waals surface area contributed by atoms with Gasteiger partial charge in [0.2, 0.25) is 0 Å². The molecule has 4 rings (SSSR count). The number of carbonyl (C=O) groups excluding carboxylic acids is 1. The molecule has 5 heteroatoms. The van der Waals surface area contributed by atoms with Crippen molar-refractivity contribution in [1.29, 1.82) is 0 Å². The first-order valence-electron chi connectivity index (χ1n) is 9.61. The second-order valence-corrected chi connectivity index (χ2v) is 8.67. The minimum absolute atomic E-state index is 0.0649. The van der Waals surface area contributed by atoms with Crippen LogP contribution in [0, 0.1) is 13.8 Å². The lowest BCUT2D eigenvalue weighted by Crippen LogP contribution is -2.27. The van der Waals surface area contributed by atoms with E-state index in [-0.39, 0.29) is 5.91 Å². The van der Waals surface area contributed by atoms with E-state index in [9.17, 15) is 4.79 Å². The molecular weight excluding hydrogens is 396 g/mol.